The molecular weight excluding hydrogens is 376 g/mol. The van der Waals surface area contributed by atoms with Crippen molar-refractivity contribution in [2.75, 3.05) is 0 Å². The van der Waals surface area contributed by atoms with Crippen molar-refractivity contribution >= 4 is 0 Å². The van der Waals surface area contributed by atoms with E-state index in [9.17, 15) is 5.11 Å². The largest absolute Gasteiger partial charge is 0.507 e. The highest BCUT2D eigenvalue weighted by molar-refractivity contribution is 5.96. The third-order valence-corrected chi connectivity index (χ3v) is 5.64. The molecule has 0 atom stereocenters. The Kier molecular flexibility index (Phi) is 5.08. The first-order valence-corrected chi connectivity index (χ1v) is 10.4. The van der Waals surface area contributed by atoms with E-state index in [1.54, 1.807) is 6.07 Å². The minimum absolute atomic E-state index is 0.289. The lowest BCUT2D eigenvalue weighted by Crippen LogP contribution is -1.91. The molecule has 5 rings (SSSR count). The number of phenolic OH excluding ortho intramolecular Hbond substituents is 1. The van der Waals surface area contributed by atoms with Crippen LogP contribution in [0.15, 0.2) is 127 Å². The molecule has 1 nitrogen and oxygen atoms in total. The van der Waals surface area contributed by atoms with Gasteiger partial charge in [-0.2, -0.15) is 0 Å². The number of rotatable bonds is 4. The van der Waals surface area contributed by atoms with Crippen molar-refractivity contribution in [3.63, 3.8) is 0 Å². The summed E-state index contributed by atoms with van der Waals surface area (Å²) in [5, 5.41) is 10.5. The lowest BCUT2D eigenvalue weighted by atomic mass is 9.86. The molecule has 5 aromatic rings. The van der Waals surface area contributed by atoms with Crippen molar-refractivity contribution in [3.8, 4) is 50.3 Å². The summed E-state index contributed by atoms with van der Waals surface area (Å²) in [6, 6.07) is 43.3. The first-order valence-electron chi connectivity index (χ1n) is 10.4. The van der Waals surface area contributed by atoms with Crippen LogP contribution in [0.3, 0.4) is 0 Å². The van der Waals surface area contributed by atoms with Crippen LogP contribution in [0, 0.1) is 0 Å². The Balaban J connectivity index is 1.74. The summed E-state index contributed by atoms with van der Waals surface area (Å²) in [6.45, 7) is 0. The Morgan fingerprint density at radius 2 is 0.613 bits per heavy atom. The van der Waals surface area contributed by atoms with Crippen LogP contribution in [0.1, 0.15) is 0 Å². The van der Waals surface area contributed by atoms with Gasteiger partial charge in [0.15, 0.2) is 0 Å². The molecule has 0 radical (unpaired) electrons. The molecular formula is C30H22O. The summed E-state index contributed by atoms with van der Waals surface area (Å²) in [4.78, 5) is 0. The van der Waals surface area contributed by atoms with E-state index in [0.717, 1.165) is 22.3 Å². The normalized spacial score (nSPS) is 10.7. The summed E-state index contributed by atoms with van der Waals surface area (Å²) in [5.41, 5.74) is 8.86. The van der Waals surface area contributed by atoms with Crippen LogP contribution < -0.4 is 0 Å². The lowest BCUT2D eigenvalue weighted by Gasteiger charge is -2.17. The van der Waals surface area contributed by atoms with Crippen molar-refractivity contribution in [2.45, 2.75) is 0 Å². The van der Waals surface area contributed by atoms with E-state index in [4.69, 9.17) is 0 Å². The fourth-order valence-electron chi connectivity index (χ4n) is 4.19. The number of para-hydroxylation sites is 1. The molecule has 0 amide bonds. The highest BCUT2D eigenvalue weighted by Crippen LogP contribution is 2.42. The molecule has 1 heteroatoms. The van der Waals surface area contributed by atoms with E-state index in [-0.39, 0.29) is 5.75 Å². The third-order valence-electron chi connectivity index (χ3n) is 5.64. The number of hydrogen-bond acceptors (Lipinski definition) is 1. The summed E-state index contributed by atoms with van der Waals surface area (Å²) in [6.07, 6.45) is 0. The minimum Gasteiger partial charge on any atom is -0.507 e. The van der Waals surface area contributed by atoms with Crippen LogP contribution in [0.2, 0.25) is 0 Å². The Morgan fingerprint density at radius 3 is 1.10 bits per heavy atom. The second-order valence-corrected chi connectivity index (χ2v) is 7.52. The standard InChI is InChI=1S/C30H22O/c31-30-21-11-10-20-29(30)28-19-9-8-18-27(28)26-17-7-6-16-25(26)24-15-5-4-14-23(24)22-12-2-1-3-13-22/h1-21,31H. The van der Waals surface area contributed by atoms with Gasteiger partial charge in [0, 0.05) is 5.56 Å². The first-order chi connectivity index (χ1) is 15.3. The van der Waals surface area contributed by atoms with Gasteiger partial charge in [0.05, 0.1) is 0 Å². The van der Waals surface area contributed by atoms with E-state index in [0.29, 0.717) is 0 Å². The van der Waals surface area contributed by atoms with Crippen molar-refractivity contribution < 1.29 is 5.11 Å². The van der Waals surface area contributed by atoms with Gasteiger partial charge in [-0.15, -0.1) is 0 Å². The van der Waals surface area contributed by atoms with Gasteiger partial charge in [0.1, 0.15) is 5.75 Å². The van der Waals surface area contributed by atoms with Crippen LogP contribution in [0.5, 0.6) is 5.75 Å². The zero-order valence-electron chi connectivity index (χ0n) is 17.1. The molecule has 0 saturated carbocycles. The van der Waals surface area contributed by atoms with Crippen molar-refractivity contribution in [2.24, 2.45) is 0 Å². The van der Waals surface area contributed by atoms with Gasteiger partial charge >= 0.3 is 0 Å². The molecule has 148 valence electrons. The molecule has 0 aliphatic carbocycles. The first kappa shape index (κ1) is 18.9. The van der Waals surface area contributed by atoms with Gasteiger partial charge in [-0.25, -0.2) is 0 Å². The molecule has 0 unspecified atom stereocenters. The molecule has 0 spiro atoms. The number of hydrogen-bond donors (Lipinski definition) is 1. The van der Waals surface area contributed by atoms with Crippen LogP contribution >= 0.6 is 0 Å². The number of phenols is 1. The molecule has 1 N–H and O–H groups in total. The number of benzene rings is 5. The smallest absolute Gasteiger partial charge is 0.123 e. The van der Waals surface area contributed by atoms with Gasteiger partial charge in [-0.3, -0.25) is 0 Å². The maximum Gasteiger partial charge on any atom is 0.123 e. The maximum atomic E-state index is 10.5. The second kappa shape index (κ2) is 8.33. The fraction of sp³-hybridized carbons (Fsp3) is 0. The average Bonchev–Trinajstić information content (AvgIpc) is 2.85. The Labute approximate surface area is 182 Å². The van der Waals surface area contributed by atoms with E-state index >= 15 is 0 Å². The van der Waals surface area contributed by atoms with E-state index < -0.39 is 0 Å². The van der Waals surface area contributed by atoms with Crippen molar-refractivity contribution in [3.05, 3.63) is 127 Å². The van der Waals surface area contributed by atoms with Gasteiger partial charge in [-0.05, 0) is 45.0 Å². The van der Waals surface area contributed by atoms with Crippen molar-refractivity contribution in [1.82, 2.24) is 0 Å². The molecule has 5 aromatic carbocycles. The van der Waals surface area contributed by atoms with Crippen LogP contribution in [0.25, 0.3) is 44.5 Å². The topological polar surface area (TPSA) is 20.2 Å². The molecule has 0 saturated heterocycles. The highest BCUT2D eigenvalue weighted by atomic mass is 16.3. The molecule has 0 aromatic heterocycles. The predicted molar refractivity (Wildman–Crippen MR) is 130 cm³/mol. The summed E-state index contributed by atoms with van der Waals surface area (Å²) in [5.74, 6) is 0.289. The summed E-state index contributed by atoms with van der Waals surface area (Å²) in [7, 11) is 0. The SMILES string of the molecule is Oc1ccccc1-c1ccccc1-c1ccccc1-c1ccccc1-c1ccccc1. The Morgan fingerprint density at radius 1 is 0.290 bits per heavy atom. The fourth-order valence-corrected chi connectivity index (χ4v) is 4.19. The Bertz CT molecular complexity index is 1340. The summed E-state index contributed by atoms with van der Waals surface area (Å²) < 4.78 is 0. The van der Waals surface area contributed by atoms with Gasteiger partial charge in [0.25, 0.3) is 0 Å². The Hall–Kier alpha value is -4.10. The van der Waals surface area contributed by atoms with E-state index in [2.05, 4.69) is 91.0 Å². The third kappa shape index (κ3) is 3.62. The molecule has 0 heterocycles. The van der Waals surface area contributed by atoms with Gasteiger partial charge in [-0.1, -0.05) is 121 Å². The van der Waals surface area contributed by atoms with Gasteiger partial charge < -0.3 is 5.11 Å². The maximum absolute atomic E-state index is 10.5. The monoisotopic (exact) mass is 398 g/mol. The molecule has 0 aliphatic rings. The quantitative estimate of drug-likeness (QED) is 0.324. The van der Waals surface area contributed by atoms with Crippen LogP contribution in [-0.2, 0) is 0 Å². The zero-order chi connectivity index (χ0) is 21.0. The summed E-state index contributed by atoms with van der Waals surface area (Å²) >= 11 is 0. The lowest BCUT2D eigenvalue weighted by molar-refractivity contribution is 0.477. The zero-order valence-corrected chi connectivity index (χ0v) is 17.1. The minimum atomic E-state index is 0.289. The number of aromatic hydroxyl groups is 1. The molecule has 0 bridgehead atoms. The average molecular weight is 399 g/mol. The highest BCUT2D eigenvalue weighted by Gasteiger charge is 2.15. The molecule has 31 heavy (non-hydrogen) atoms. The van der Waals surface area contributed by atoms with Gasteiger partial charge in [0.2, 0.25) is 0 Å². The molecule has 0 aliphatic heterocycles. The van der Waals surface area contributed by atoms with Crippen LogP contribution in [-0.4, -0.2) is 5.11 Å². The van der Waals surface area contributed by atoms with Crippen LogP contribution in [0.4, 0.5) is 0 Å². The predicted octanol–water partition coefficient (Wildman–Crippen LogP) is 8.06. The van der Waals surface area contributed by atoms with E-state index in [1.165, 1.54) is 22.3 Å². The second-order valence-electron chi connectivity index (χ2n) is 7.52. The molecule has 0 fully saturated rings. The van der Waals surface area contributed by atoms with E-state index in [1.807, 2.05) is 30.3 Å². The van der Waals surface area contributed by atoms with Crippen molar-refractivity contribution in [1.29, 1.82) is 0 Å².